The molecule has 0 aromatic heterocycles. The molecule has 0 saturated heterocycles. The molecule has 0 aliphatic carbocycles. The van der Waals surface area contributed by atoms with Crippen LogP contribution in [-0.2, 0) is 19.1 Å². The standard InChI is InChI=1S/C57H106O5/c1-3-5-7-9-11-13-15-16-17-18-19-20-21-22-23-24-25-26-27-28-29-30-31-32-33-34-35-36-37-38-39-40-42-44-46-48-50-52-57(60)62-55(53-58)54-61-56(59)51-49-47-45-43-41-14-12-10-8-6-4-2/h15-16,18-19,21-22,55,58H,3-14,17,20,23-54H2,1-2H3/b16-15-,19-18-,22-21-. The van der Waals surface area contributed by atoms with Crippen molar-refractivity contribution in [2.45, 2.75) is 302 Å². The molecule has 1 N–H and O–H groups in total. The fourth-order valence-corrected chi connectivity index (χ4v) is 8.27. The number of hydrogen-bond donors (Lipinski definition) is 1. The highest BCUT2D eigenvalue weighted by molar-refractivity contribution is 5.70. The molecule has 0 amide bonds. The highest BCUT2D eigenvalue weighted by Crippen LogP contribution is 2.17. The number of unbranched alkanes of at least 4 members (excludes halogenated alkanes) is 37. The van der Waals surface area contributed by atoms with E-state index in [2.05, 4.69) is 50.3 Å². The average Bonchev–Trinajstić information content (AvgIpc) is 3.28. The molecule has 0 rings (SSSR count). The lowest BCUT2D eigenvalue weighted by molar-refractivity contribution is -0.161. The highest BCUT2D eigenvalue weighted by Gasteiger charge is 2.16. The van der Waals surface area contributed by atoms with Gasteiger partial charge < -0.3 is 14.6 Å². The second kappa shape index (κ2) is 53.5. The van der Waals surface area contributed by atoms with E-state index in [4.69, 9.17) is 9.47 Å². The predicted octanol–water partition coefficient (Wildman–Crippen LogP) is 18.3. The monoisotopic (exact) mass is 871 g/mol. The number of hydrogen-bond acceptors (Lipinski definition) is 5. The van der Waals surface area contributed by atoms with E-state index in [-0.39, 0.29) is 25.2 Å². The molecule has 0 saturated carbocycles. The zero-order chi connectivity index (χ0) is 44.9. The van der Waals surface area contributed by atoms with Crippen LogP contribution in [0.3, 0.4) is 0 Å². The van der Waals surface area contributed by atoms with Gasteiger partial charge in [-0.1, -0.05) is 269 Å². The van der Waals surface area contributed by atoms with Gasteiger partial charge in [0.05, 0.1) is 6.61 Å². The van der Waals surface area contributed by atoms with Crippen LogP contribution >= 0.6 is 0 Å². The Morgan fingerprint density at radius 2 is 0.645 bits per heavy atom. The first-order valence-electron chi connectivity index (χ1n) is 27.5. The molecule has 0 aromatic rings. The van der Waals surface area contributed by atoms with Gasteiger partial charge in [0.15, 0.2) is 6.10 Å². The van der Waals surface area contributed by atoms with Crippen molar-refractivity contribution in [2.75, 3.05) is 13.2 Å². The molecule has 0 spiro atoms. The van der Waals surface area contributed by atoms with Crippen LogP contribution in [0.15, 0.2) is 36.5 Å². The Morgan fingerprint density at radius 3 is 0.968 bits per heavy atom. The summed E-state index contributed by atoms with van der Waals surface area (Å²) in [6.45, 7) is 4.15. The molecule has 0 radical (unpaired) electrons. The summed E-state index contributed by atoms with van der Waals surface area (Å²) in [7, 11) is 0. The summed E-state index contributed by atoms with van der Waals surface area (Å²) in [6.07, 6.45) is 68.5. The van der Waals surface area contributed by atoms with Crippen LogP contribution in [0.1, 0.15) is 296 Å². The van der Waals surface area contributed by atoms with Crippen molar-refractivity contribution >= 4 is 11.9 Å². The minimum Gasteiger partial charge on any atom is -0.462 e. The van der Waals surface area contributed by atoms with E-state index in [1.165, 1.54) is 218 Å². The van der Waals surface area contributed by atoms with Gasteiger partial charge in [0.25, 0.3) is 0 Å². The molecular weight excluding hydrogens is 765 g/mol. The van der Waals surface area contributed by atoms with Crippen molar-refractivity contribution in [3.8, 4) is 0 Å². The Morgan fingerprint density at radius 1 is 0.371 bits per heavy atom. The number of carbonyl (C=O) groups is 2. The number of esters is 2. The van der Waals surface area contributed by atoms with Crippen LogP contribution in [-0.4, -0.2) is 36.4 Å². The van der Waals surface area contributed by atoms with E-state index in [0.29, 0.717) is 12.8 Å². The van der Waals surface area contributed by atoms with E-state index in [0.717, 1.165) is 51.4 Å². The molecule has 5 heteroatoms. The van der Waals surface area contributed by atoms with Crippen LogP contribution in [0, 0.1) is 0 Å². The van der Waals surface area contributed by atoms with Crippen LogP contribution in [0.5, 0.6) is 0 Å². The lowest BCUT2D eigenvalue weighted by atomic mass is 10.0. The summed E-state index contributed by atoms with van der Waals surface area (Å²) >= 11 is 0. The van der Waals surface area contributed by atoms with Crippen molar-refractivity contribution in [1.29, 1.82) is 0 Å². The second-order valence-corrected chi connectivity index (χ2v) is 18.7. The number of carbonyl (C=O) groups excluding carboxylic acids is 2. The molecule has 0 aromatic carbocycles. The predicted molar refractivity (Wildman–Crippen MR) is 270 cm³/mol. The maximum Gasteiger partial charge on any atom is 0.306 e. The second-order valence-electron chi connectivity index (χ2n) is 18.7. The first-order valence-corrected chi connectivity index (χ1v) is 27.5. The SMILES string of the molecule is CCCCCCC/C=C\C/C=C\C/C=C\CCCCCCCCCCCCCCCCCCCCCCCCC(=O)OC(CO)COC(=O)CCCCCCCCCCCCC. The van der Waals surface area contributed by atoms with Crippen LogP contribution in [0.25, 0.3) is 0 Å². The third-order valence-corrected chi connectivity index (χ3v) is 12.4. The Balaban J connectivity index is 3.38. The van der Waals surface area contributed by atoms with E-state index < -0.39 is 6.10 Å². The van der Waals surface area contributed by atoms with Gasteiger partial charge in [0, 0.05) is 12.8 Å². The lowest BCUT2D eigenvalue weighted by Crippen LogP contribution is -2.28. The fraction of sp³-hybridized carbons (Fsp3) is 0.860. The normalized spacial score (nSPS) is 12.4. The summed E-state index contributed by atoms with van der Waals surface area (Å²) in [5, 5.41) is 9.60. The Bertz CT molecular complexity index is 986. The average molecular weight is 871 g/mol. The van der Waals surface area contributed by atoms with Crippen LogP contribution in [0.4, 0.5) is 0 Å². The Labute approximate surface area is 386 Å². The van der Waals surface area contributed by atoms with Gasteiger partial charge in [-0.05, 0) is 51.4 Å². The molecule has 62 heavy (non-hydrogen) atoms. The molecule has 364 valence electrons. The number of ether oxygens (including phenoxy) is 2. The minimum absolute atomic E-state index is 0.0596. The van der Waals surface area contributed by atoms with Gasteiger partial charge in [-0.2, -0.15) is 0 Å². The number of allylic oxidation sites excluding steroid dienone is 6. The molecular formula is C57H106O5. The van der Waals surface area contributed by atoms with E-state index >= 15 is 0 Å². The summed E-state index contributed by atoms with van der Waals surface area (Å²) in [5.74, 6) is -0.576. The van der Waals surface area contributed by atoms with Crippen LogP contribution < -0.4 is 0 Å². The van der Waals surface area contributed by atoms with E-state index in [1.807, 2.05) is 0 Å². The van der Waals surface area contributed by atoms with Crippen molar-refractivity contribution in [3.05, 3.63) is 36.5 Å². The Kier molecular flexibility index (Phi) is 51.8. The topological polar surface area (TPSA) is 72.8 Å². The largest absolute Gasteiger partial charge is 0.462 e. The summed E-state index contributed by atoms with van der Waals surface area (Å²) < 4.78 is 10.7. The first-order chi connectivity index (χ1) is 30.6. The third kappa shape index (κ3) is 50.8. The zero-order valence-corrected chi connectivity index (χ0v) is 41.6. The molecule has 0 bridgehead atoms. The summed E-state index contributed by atoms with van der Waals surface area (Å²) in [5.41, 5.74) is 0. The van der Waals surface area contributed by atoms with Crippen molar-refractivity contribution in [2.24, 2.45) is 0 Å². The number of rotatable bonds is 51. The van der Waals surface area contributed by atoms with Gasteiger partial charge >= 0.3 is 11.9 Å². The summed E-state index contributed by atoms with van der Waals surface area (Å²) in [6, 6.07) is 0. The van der Waals surface area contributed by atoms with Gasteiger partial charge in [0.2, 0.25) is 0 Å². The van der Waals surface area contributed by atoms with E-state index in [9.17, 15) is 14.7 Å². The molecule has 1 atom stereocenters. The van der Waals surface area contributed by atoms with Crippen molar-refractivity contribution in [3.63, 3.8) is 0 Å². The first kappa shape index (κ1) is 60.1. The quantitative estimate of drug-likeness (QED) is 0.0374. The number of aliphatic hydroxyl groups is 1. The van der Waals surface area contributed by atoms with Crippen molar-refractivity contribution in [1.82, 2.24) is 0 Å². The lowest BCUT2D eigenvalue weighted by Gasteiger charge is -2.15. The molecule has 5 nitrogen and oxygen atoms in total. The van der Waals surface area contributed by atoms with Crippen molar-refractivity contribution < 1.29 is 24.2 Å². The zero-order valence-electron chi connectivity index (χ0n) is 41.6. The number of aliphatic hydroxyl groups excluding tert-OH is 1. The Hall–Kier alpha value is -1.88. The van der Waals surface area contributed by atoms with Gasteiger partial charge in [-0.3, -0.25) is 9.59 Å². The van der Waals surface area contributed by atoms with Crippen LogP contribution in [0.2, 0.25) is 0 Å². The maximum atomic E-state index is 12.2. The highest BCUT2D eigenvalue weighted by atomic mass is 16.6. The van der Waals surface area contributed by atoms with Gasteiger partial charge in [0.1, 0.15) is 6.61 Å². The maximum absolute atomic E-state index is 12.2. The molecule has 0 heterocycles. The summed E-state index contributed by atoms with van der Waals surface area (Å²) in [4.78, 5) is 24.3. The van der Waals surface area contributed by atoms with Gasteiger partial charge in [-0.25, -0.2) is 0 Å². The smallest absolute Gasteiger partial charge is 0.306 e. The molecule has 0 aliphatic rings. The fourth-order valence-electron chi connectivity index (χ4n) is 8.27. The van der Waals surface area contributed by atoms with E-state index in [1.54, 1.807) is 0 Å². The minimum atomic E-state index is -0.765. The molecule has 0 aliphatic heterocycles. The van der Waals surface area contributed by atoms with Gasteiger partial charge in [-0.15, -0.1) is 0 Å². The molecule has 0 fully saturated rings. The molecule has 1 unspecified atom stereocenters. The third-order valence-electron chi connectivity index (χ3n) is 12.4.